The van der Waals surface area contributed by atoms with Crippen molar-refractivity contribution in [3.8, 4) is 0 Å². The van der Waals surface area contributed by atoms with Gasteiger partial charge in [-0.2, -0.15) is 0 Å². The van der Waals surface area contributed by atoms with E-state index in [1.807, 2.05) is 0 Å². The van der Waals surface area contributed by atoms with E-state index in [-0.39, 0.29) is 52.2 Å². The molecule has 0 bridgehead atoms. The molecule has 0 aromatic carbocycles. The maximum absolute atomic E-state index is 7.28. The number of nitrogens with zero attached hydrogens (tertiary/aromatic N) is 4. The van der Waals surface area contributed by atoms with Gasteiger partial charge in [-0.15, -0.1) is 11.6 Å². The van der Waals surface area contributed by atoms with E-state index in [1.165, 1.54) is 0 Å². The van der Waals surface area contributed by atoms with Crippen molar-refractivity contribution in [1.82, 2.24) is 19.5 Å². The molecule has 12 heteroatoms. The summed E-state index contributed by atoms with van der Waals surface area (Å²) >= 11 is 6.38. The van der Waals surface area contributed by atoms with E-state index in [4.69, 9.17) is 24.9 Å². The Morgan fingerprint density at radius 2 is 1.34 bits per heavy atom. The Kier molecular flexibility index (Phi) is 11.0. The van der Waals surface area contributed by atoms with Crippen LogP contribution in [0.5, 0.6) is 0 Å². The first-order valence-electron chi connectivity index (χ1n) is 14.4. The monoisotopic (exact) mass is 630 g/mol. The first-order valence-corrected chi connectivity index (χ1v) is 23.5. The number of imidazole rings is 1. The molecule has 0 spiro atoms. The van der Waals surface area contributed by atoms with E-state index >= 15 is 0 Å². The summed E-state index contributed by atoms with van der Waals surface area (Å²) < 4.78 is 23.4. The molecule has 0 saturated heterocycles. The summed E-state index contributed by atoms with van der Waals surface area (Å²) in [7, 11) is -6.42. The summed E-state index contributed by atoms with van der Waals surface area (Å²) in [6.07, 6.45) is 6.26. The Morgan fingerprint density at radius 3 is 1.85 bits per heavy atom. The van der Waals surface area contributed by atoms with Gasteiger partial charge in [-0.3, -0.25) is 4.98 Å². The zero-order valence-corrected chi connectivity index (χ0v) is 32.2. The molecule has 1 aliphatic carbocycles. The first-order chi connectivity index (χ1) is 17.9. The smallest absolute Gasteiger partial charge is 0.413 e. The van der Waals surface area contributed by atoms with Crippen LogP contribution in [0, 0.1) is 6.33 Å². The predicted octanol–water partition coefficient (Wildman–Crippen LogP) is 5.57. The van der Waals surface area contributed by atoms with Gasteiger partial charge in [0.05, 0.1) is 36.8 Å². The molecular weight excluding hydrogens is 579 g/mol. The van der Waals surface area contributed by atoms with Crippen molar-refractivity contribution in [2.45, 2.75) is 135 Å². The number of rotatable bonds is 8. The number of hydrogen-bond donors (Lipinski definition) is 0. The van der Waals surface area contributed by atoms with Crippen LogP contribution in [-0.2, 0) is 13.3 Å². The number of halogens is 1. The quantitative estimate of drug-likeness (QED) is 0.164. The van der Waals surface area contributed by atoms with E-state index in [1.54, 1.807) is 6.33 Å². The normalized spacial score (nSPS) is 21.3. The second kappa shape index (κ2) is 12.2. The minimum absolute atomic E-state index is 0. The summed E-state index contributed by atoms with van der Waals surface area (Å²) in [4.78, 5) is 13.1. The van der Waals surface area contributed by atoms with Crippen molar-refractivity contribution < 1.29 is 32.1 Å². The van der Waals surface area contributed by atoms with Gasteiger partial charge in [-0.25, -0.2) is 0 Å². The van der Waals surface area contributed by atoms with Gasteiger partial charge < -0.3 is 27.8 Å². The molecule has 41 heavy (non-hydrogen) atoms. The molecule has 2 aromatic rings. The van der Waals surface area contributed by atoms with Gasteiger partial charge in [-0.05, 0) is 60.0 Å². The van der Waals surface area contributed by atoms with Crippen LogP contribution in [0.3, 0.4) is 0 Å². The molecule has 0 unspecified atom stereocenters. The summed E-state index contributed by atoms with van der Waals surface area (Å²) in [6, 6.07) is -0.189. The molecule has 2 aromatic heterocycles. The van der Waals surface area contributed by atoms with E-state index in [0.717, 1.165) is 5.57 Å². The van der Waals surface area contributed by atoms with Crippen LogP contribution >= 0.6 is 11.6 Å². The van der Waals surface area contributed by atoms with Gasteiger partial charge in [0.25, 0.3) is 0 Å². The van der Waals surface area contributed by atoms with Gasteiger partial charge in [0, 0.05) is 17.0 Å². The Morgan fingerprint density at radius 1 is 0.829 bits per heavy atom. The Bertz CT molecular complexity index is 1250. The Labute approximate surface area is 269 Å². The second-order valence-corrected chi connectivity index (χ2v) is 30.5. The number of hydrogen-bond acceptors (Lipinski definition) is 6. The maximum atomic E-state index is 7.28. The fraction of sp³-hybridized carbons (Fsp3) is 0.759. The zero-order chi connectivity index (χ0) is 30.7. The van der Waals surface area contributed by atoms with Crippen LogP contribution in [-0.4, -0.2) is 63.3 Å². The molecule has 7 nitrogen and oxygen atoms in total. The van der Waals surface area contributed by atoms with Gasteiger partial charge in [0.1, 0.15) is 0 Å². The van der Waals surface area contributed by atoms with Crippen LogP contribution in [0.15, 0.2) is 18.0 Å². The molecular formula is C29H52ClLiN4O3Si3. The minimum atomic E-state index is -2.22. The molecule has 0 fully saturated rings. The van der Waals surface area contributed by atoms with E-state index < -0.39 is 25.0 Å². The van der Waals surface area contributed by atoms with Crippen LogP contribution in [0.4, 0.5) is 0 Å². The molecule has 226 valence electrons. The Hall–Kier alpha value is -0.292. The fourth-order valence-corrected chi connectivity index (χ4v) is 7.63. The van der Waals surface area contributed by atoms with Gasteiger partial charge in [0.15, 0.2) is 25.0 Å². The van der Waals surface area contributed by atoms with Crippen molar-refractivity contribution in [2.24, 2.45) is 0 Å². The third-order valence-electron chi connectivity index (χ3n) is 9.84. The standard InChI is InChI=1S/C29H52ClN4O3Si3.Li/c1-27(2,3)38(10,11)35-17-20-16-21(34-19-33-22-25(30)31-18-32-26(22)34)24(37-40(14,15)29(7,8)9)23(20)36-39(12,13)28(4,5)6;/h16,19,21,23-24H,17H2,1-15H3;/q-1;+1/t21-,23-,24+;/m1./s1. The molecule has 1 aliphatic rings. The largest absolute Gasteiger partial charge is 1.00 e. The fourth-order valence-electron chi connectivity index (χ4n) is 3.93. The van der Waals surface area contributed by atoms with Crippen LogP contribution in [0.25, 0.3) is 11.2 Å². The van der Waals surface area contributed by atoms with E-state index in [2.05, 4.69) is 134 Å². The van der Waals surface area contributed by atoms with Crippen molar-refractivity contribution in [1.29, 1.82) is 0 Å². The van der Waals surface area contributed by atoms with Gasteiger partial charge in [0.2, 0.25) is 0 Å². The van der Waals surface area contributed by atoms with Crippen molar-refractivity contribution in [2.75, 3.05) is 6.61 Å². The Balaban J connectivity index is 0.00000588. The topological polar surface area (TPSA) is 71.3 Å². The van der Waals surface area contributed by atoms with Crippen LogP contribution < -0.4 is 18.9 Å². The number of aromatic nitrogens is 4. The van der Waals surface area contributed by atoms with Crippen LogP contribution in [0.2, 0.25) is 59.5 Å². The number of fused-ring (bicyclic) bond motifs is 1. The van der Waals surface area contributed by atoms with E-state index in [9.17, 15) is 0 Å². The maximum Gasteiger partial charge on any atom is 1.00 e. The van der Waals surface area contributed by atoms with Crippen molar-refractivity contribution in [3.63, 3.8) is 0 Å². The first kappa shape index (κ1) is 36.9. The molecule has 2 heterocycles. The third kappa shape index (κ3) is 7.69. The molecule has 0 aliphatic heterocycles. The molecule has 0 saturated carbocycles. The van der Waals surface area contributed by atoms with Gasteiger partial charge >= 0.3 is 18.9 Å². The second-order valence-electron chi connectivity index (χ2n) is 15.9. The molecule has 0 amide bonds. The molecule has 3 atom stereocenters. The van der Waals surface area contributed by atoms with E-state index in [0.29, 0.717) is 22.9 Å². The summed E-state index contributed by atoms with van der Waals surface area (Å²) in [5.41, 5.74) is 2.34. The zero-order valence-electron chi connectivity index (χ0n) is 28.5. The molecule has 3 rings (SSSR count). The minimum Gasteiger partial charge on any atom is -0.413 e. The van der Waals surface area contributed by atoms with Crippen molar-refractivity contribution >= 4 is 47.7 Å². The predicted molar refractivity (Wildman–Crippen MR) is 174 cm³/mol. The average Bonchev–Trinajstić information content (AvgIpc) is 3.32. The molecule has 0 N–H and O–H groups in total. The summed E-state index contributed by atoms with van der Waals surface area (Å²) in [5.74, 6) is 0. The van der Waals surface area contributed by atoms with Crippen LogP contribution in [0.1, 0.15) is 68.4 Å². The van der Waals surface area contributed by atoms with Crippen molar-refractivity contribution in [3.05, 3.63) is 29.5 Å². The third-order valence-corrected chi connectivity index (χ3v) is 23.5. The molecule has 0 radical (unpaired) electrons. The van der Waals surface area contributed by atoms with Gasteiger partial charge in [-0.1, -0.05) is 68.4 Å². The summed E-state index contributed by atoms with van der Waals surface area (Å²) in [6.45, 7) is 34.8. The average molecular weight is 631 g/mol. The SMILES string of the molecule is CC(C)(C)[Si](C)(C)OCC1=C[C@@H](n2cnc3c(Cl)n[c-]nc32)[C@H](O[Si](C)(C)C(C)(C)C)[C@@H]1O[Si](C)(C)C(C)(C)C.[Li+]. The summed E-state index contributed by atoms with van der Waals surface area (Å²) in [5, 5.41) is 0.455.